The molecule has 0 heterocycles. The van der Waals surface area contributed by atoms with E-state index in [1.165, 1.54) is 36.4 Å². The summed E-state index contributed by atoms with van der Waals surface area (Å²) in [7, 11) is -3.88. The lowest BCUT2D eigenvalue weighted by molar-refractivity contribution is -0.128. The molecule has 2 aromatic rings. The van der Waals surface area contributed by atoms with E-state index >= 15 is 0 Å². The van der Waals surface area contributed by atoms with Crippen LogP contribution in [0.5, 0.6) is 0 Å². The van der Waals surface area contributed by atoms with Crippen LogP contribution in [0.2, 0.25) is 5.02 Å². The molecule has 2 aromatic carbocycles. The van der Waals surface area contributed by atoms with Crippen molar-refractivity contribution in [1.82, 2.24) is 10.9 Å². The van der Waals surface area contributed by atoms with Crippen LogP contribution in [-0.2, 0) is 14.8 Å². The summed E-state index contributed by atoms with van der Waals surface area (Å²) in [5, 5.41) is 0.487. The third kappa shape index (κ3) is 4.78. The Hall–Kier alpha value is -2.58. The molecule has 1 fully saturated rings. The van der Waals surface area contributed by atoms with Gasteiger partial charge in [-0.2, -0.15) is 0 Å². The molecule has 7 nitrogen and oxygen atoms in total. The average molecular weight is 408 g/mol. The summed E-state index contributed by atoms with van der Waals surface area (Å²) in [6, 6.07) is 11.7. The van der Waals surface area contributed by atoms with Gasteiger partial charge < -0.3 is 0 Å². The van der Waals surface area contributed by atoms with Gasteiger partial charge in [0.15, 0.2) is 0 Å². The lowest BCUT2D eigenvalue weighted by Gasteiger charge is -2.24. The molecule has 3 rings (SSSR count). The van der Waals surface area contributed by atoms with Gasteiger partial charge in [0, 0.05) is 22.2 Å². The Morgan fingerprint density at radius 3 is 2.33 bits per heavy atom. The Labute approximate surface area is 162 Å². The molecule has 27 heavy (non-hydrogen) atoms. The normalized spacial score (nSPS) is 14.1. The largest absolute Gasteiger partial charge is 0.280 e. The molecule has 0 saturated heterocycles. The van der Waals surface area contributed by atoms with Crippen LogP contribution in [0, 0.1) is 5.92 Å². The highest BCUT2D eigenvalue weighted by molar-refractivity contribution is 7.92. The minimum absolute atomic E-state index is 0.0689. The molecule has 0 radical (unpaired) electrons. The summed E-state index contributed by atoms with van der Waals surface area (Å²) in [5.41, 5.74) is 5.15. The molecule has 0 unspecified atom stereocenters. The van der Waals surface area contributed by atoms with Crippen molar-refractivity contribution in [3.63, 3.8) is 0 Å². The number of benzene rings is 2. The Bertz CT molecular complexity index is 957. The van der Waals surface area contributed by atoms with Crippen LogP contribution in [0.4, 0.5) is 5.69 Å². The highest BCUT2D eigenvalue weighted by atomic mass is 35.5. The average Bonchev–Trinajstić information content (AvgIpc) is 2.60. The standard InChI is InChI=1S/C18H18ClN3O4S/c19-14-7-9-15(10-8-14)22-27(25,26)16-6-2-5-13(11-16)18(24)21-20-17(23)12-3-1-4-12/h2,5-12,22H,1,3-4H2,(H,20,23)(H,21,24). The molecule has 1 aliphatic rings. The van der Waals surface area contributed by atoms with Gasteiger partial charge in [-0.3, -0.25) is 25.2 Å². The van der Waals surface area contributed by atoms with E-state index in [-0.39, 0.29) is 22.3 Å². The van der Waals surface area contributed by atoms with E-state index in [1.807, 2.05) is 0 Å². The van der Waals surface area contributed by atoms with Gasteiger partial charge in [0.05, 0.1) is 4.90 Å². The van der Waals surface area contributed by atoms with E-state index < -0.39 is 15.9 Å². The molecule has 9 heteroatoms. The molecule has 142 valence electrons. The topological polar surface area (TPSA) is 104 Å². The monoisotopic (exact) mass is 407 g/mol. The fraction of sp³-hybridized carbons (Fsp3) is 0.222. The maximum Gasteiger partial charge on any atom is 0.269 e. The minimum atomic E-state index is -3.88. The molecular formula is C18H18ClN3O4S. The molecule has 0 atom stereocenters. The van der Waals surface area contributed by atoms with Gasteiger partial charge in [0.1, 0.15) is 0 Å². The number of rotatable bonds is 5. The van der Waals surface area contributed by atoms with Crippen molar-refractivity contribution in [3.05, 3.63) is 59.1 Å². The van der Waals surface area contributed by atoms with Crippen molar-refractivity contribution in [1.29, 1.82) is 0 Å². The maximum absolute atomic E-state index is 12.5. The Morgan fingerprint density at radius 2 is 1.70 bits per heavy atom. The van der Waals surface area contributed by atoms with Crippen LogP contribution in [0.1, 0.15) is 29.6 Å². The Kier molecular flexibility index (Phi) is 5.67. The third-order valence-corrected chi connectivity index (χ3v) is 5.91. The minimum Gasteiger partial charge on any atom is -0.280 e. The zero-order chi connectivity index (χ0) is 19.4. The molecule has 0 bridgehead atoms. The number of anilines is 1. The van der Waals surface area contributed by atoms with Crippen molar-refractivity contribution in [2.75, 3.05) is 4.72 Å². The Morgan fingerprint density at radius 1 is 1.00 bits per heavy atom. The van der Waals surface area contributed by atoms with Gasteiger partial charge in [-0.1, -0.05) is 24.1 Å². The van der Waals surface area contributed by atoms with Gasteiger partial charge in [-0.25, -0.2) is 8.42 Å². The van der Waals surface area contributed by atoms with Gasteiger partial charge >= 0.3 is 0 Å². The first kappa shape index (κ1) is 19.2. The van der Waals surface area contributed by atoms with Crippen molar-refractivity contribution in [2.45, 2.75) is 24.2 Å². The molecule has 0 aromatic heterocycles. The number of amides is 2. The van der Waals surface area contributed by atoms with Crippen LogP contribution in [0.3, 0.4) is 0 Å². The van der Waals surface area contributed by atoms with Gasteiger partial charge in [-0.15, -0.1) is 0 Å². The van der Waals surface area contributed by atoms with Crippen molar-refractivity contribution in [3.8, 4) is 0 Å². The number of hydrogen-bond acceptors (Lipinski definition) is 4. The zero-order valence-corrected chi connectivity index (χ0v) is 15.8. The molecular weight excluding hydrogens is 390 g/mol. The zero-order valence-electron chi connectivity index (χ0n) is 14.2. The first-order valence-corrected chi connectivity index (χ1v) is 10.2. The maximum atomic E-state index is 12.5. The highest BCUT2D eigenvalue weighted by Gasteiger charge is 2.25. The lowest BCUT2D eigenvalue weighted by atomic mass is 9.85. The van der Waals surface area contributed by atoms with E-state index in [2.05, 4.69) is 15.6 Å². The number of sulfonamides is 1. The van der Waals surface area contributed by atoms with Gasteiger partial charge in [-0.05, 0) is 55.3 Å². The summed E-state index contributed by atoms with van der Waals surface area (Å²) in [6.45, 7) is 0. The molecule has 0 aliphatic heterocycles. The van der Waals surface area contributed by atoms with Crippen molar-refractivity contribution >= 4 is 39.1 Å². The third-order valence-electron chi connectivity index (χ3n) is 4.28. The van der Waals surface area contributed by atoms with Crippen molar-refractivity contribution < 1.29 is 18.0 Å². The van der Waals surface area contributed by atoms with E-state index in [0.717, 1.165) is 19.3 Å². The van der Waals surface area contributed by atoms with Crippen LogP contribution < -0.4 is 15.6 Å². The number of nitrogens with one attached hydrogen (secondary N) is 3. The van der Waals surface area contributed by atoms with E-state index in [4.69, 9.17) is 11.6 Å². The predicted molar refractivity (Wildman–Crippen MR) is 102 cm³/mol. The SMILES string of the molecule is O=C(NNC(=O)C1CCC1)c1cccc(S(=O)(=O)Nc2ccc(Cl)cc2)c1. The second kappa shape index (κ2) is 7.98. The summed E-state index contributed by atoms with van der Waals surface area (Å²) < 4.78 is 27.5. The van der Waals surface area contributed by atoms with Gasteiger partial charge in [0.25, 0.3) is 15.9 Å². The van der Waals surface area contributed by atoms with Crippen LogP contribution in [-0.4, -0.2) is 20.2 Å². The quantitative estimate of drug-likeness (QED) is 0.663. The molecule has 2 amide bonds. The summed E-state index contributed by atoms with van der Waals surface area (Å²) in [6.07, 6.45) is 2.63. The van der Waals surface area contributed by atoms with E-state index in [9.17, 15) is 18.0 Å². The first-order valence-electron chi connectivity index (χ1n) is 8.34. The number of halogens is 1. The summed E-state index contributed by atoms with van der Waals surface area (Å²) in [4.78, 5) is 23.9. The molecule has 1 aliphatic carbocycles. The molecule has 0 spiro atoms. The second-order valence-electron chi connectivity index (χ2n) is 6.21. The molecule has 3 N–H and O–H groups in total. The fourth-order valence-electron chi connectivity index (χ4n) is 2.50. The fourth-order valence-corrected chi connectivity index (χ4v) is 3.73. The highest BCUT2D eigenvalue weighted by Crippen LogP contribution is 2.26. The smallest absolute Gasteiger partial charge is 0.269 e. The van der Waals surface area contributed by atoms with E-state index in [1.54, 1.807) is 12.1 Å². The predicted octanol–water partition coefficient (Wildman–Crippen LogP) is 2.70. The number of carbonyl (C=O) groups excluding carboxylic acids is 2. The number of hydrogen-bond donors (Lipinski definition) is 3. The van der Waals surface area contributed by atoms with Crippen LogP contribution in [0.15, 0.2) is 53.4 Å². The van der Waals surface area contributed by atoms with Gasteiger partial charge in [0.2, 0.25) is 5.91 Å². The summed E-state index contributed by atoms with van der Waals surface area (Å²) in [5.74, 6) is -0.894. The summed E-state index contributed by atoms with van der Waals surface area (Å²) >= 11 is 5.79. The first-order chi connectivity index (χ1) is 12.8. The van der Waals surface area contributed by atoms with Crippen LogP contribution in [0.25, 0.3) is 0 Å². The van der Waals surface area contributed by atoms with E-state index in [0.29, 0.717) is 10.7 Å². The van der Waals surface area contributed by atoms with Crippen molar-refractivity contribution in [2.24, 2.45) is 5.92 Å². The lowest BCUT2D eigenvalue weighted by Crippen LogP contribution is -2.46. The second-order valence-corrected chi connectivity index (χ2v) is 8.33. The Balaban J connectivity index is 1.68. The molecule has 1 saturated carbocycles. The van der Waals surface area contributed by atoms with Crippen LogP contribution >= 0.6 is 11.6 Å². The number of carbonyl (C=O) groups is 2. The number of hydrazine groups is 1.